The second kappa shape index (κ2) is 7.91. The molecular formula is C18H18ClN3OS2. The van der Waals surface area contributed by atoms with Gasteiger partial charge in [-0.3, -0.25) is 4.57 Å². The highest BCUT2D eigenvalue weighted by Crippen LogP contribution is 2.32. The molecule has 0 amide bonds. The summed E-state index contributed by atoms with van der Waals surface area (Å²) in [7, 11) is 0. The Hall–Kier alpha value is -1.34. The van der Waals surface area contributed by atoms with Gasteiger partial charge in [-0.15, -0.1) is 21.5 Å². The molecule has 0 bridgehead atoms. The van der Waals surface area contributed by atoms with E-state index in [4.69, 9.17) is 16.3 Å². The van der Waals surface area contributed by atoms with Gasteiger partial charge >= 0.3 is 0 Å². The van der Waals surface area contributed by atoms with Crippen molar-refractivity contribution in [2.45, 2.75) is 30.5 Å². The van der Waals surface area contributed by atoms with Crippen molar-refractivity contribution < 1.29 is 4.74 Å². The van der Waals surface area contributed by atoms with Crippen molar-refractivity contribution in [3.05, 3.63) is 46.8 Å². The number of nitrogens with zero attached hydrogens (tertiary/aromatic N) is 3. The first-order valence-electron chi connectivity index (χ1n) is 8.31. The molecule has 0 spiro atoms. The number of ether oxygens (including phenoxy) is 1. The van der Waals surface area contributed by atoms with Crippen molar-refractivity contribution in [1.29, 1.82) is 0 Å². The lowest BCUT2D eigenvalue weighted by atomic mass is 10.1. The number of hydrogen-bond acceptors (Lipinski definition) is 5. The highest BCUT2D eigenvalue weighted by atomic mass is 35.5. The van der Waals surface area contributed by atoms with E-state index in [-0.39, 0.29) is 0 Å². The van der Waals surface area contributed by atoms with Crippen LogP contribution in [0.1, 0.15) is 19.3 Å². The van der Waals surface area contributed by atoms with E-state index >= 15 is 0 Å². The Bertz CT molecular complexity index is 811. The number of hydrogen-bond donors (Lipinski definition) is 0. The number of benzene rings is 1. The molecule has 1 unspecified atom stereocenters. The fraction of sp³-hybridized carbons (Fsp3) is 0.333. The molecule has 0 N–H and O–H groups in total. The number of rotatable bonds is 5. The van der Waals surface area contributed by atoms with Gasteiger partial charge in [0.05, 0.1) is 11.0 Å². The van der Waals surface area contributed by atoms with Gasteiger partial charge in [0, 0.05) is 23.1 Å². The maximum Gasteiger partial charge on any atom is 0.196 e. The minimum absolute atomic E-state index is 0.305. The van der Waals surface area contributed by atoms with Gasteiger partial charge in [-0.2, -0.15) is 0 Å². The minimum atomic E-state index is 0.305. The van der Waals surface area contributed by atoms with Gasteiger partial charge in [0.2, 0.25) is 0 Å². The molecule has 4 rings (SSSR count). The fourth-order valence-electron chi connectivity index (χ4n) is 2.86. The van der Waals surface area contributed by atoms with Crippen LogP contribution in [0.5, 0.6) is 0 Å². The minimum Gasteiger partial charge on any atom is -0.377 e. The third-order valence-corrected chi connectivity index (χ3v) is 6.31. The normalized spacial score (nSPS) is 17.7. The van der Waals surface area contributed by atoms with Gasteiger partial charge in [-0.1, -0.05) is 29.4 Å². The van der Waals surface area contributed by atoms with E-state index in [0.29, 0.717) is 6.10 Å². The highest BCUT2D eigenvalue weighted by molar-refractivity contribution is 7.99. The zero-order valence-corrected chi connectivity index (χ0v) is 16.0. The SMILES string of the molecule is Clc1ccc(-n2c(SCC3CCCCO3)nnc2-c2cccs2)cc1. The van der Waals surface area contributed by atoms with Gasteiger partial charge in [0.1, 0.15) is 0 Å². The summed E-state index contributed by atoms with van der Waals surface area (Å²) in [6.45, 7) is 0.871. The summed E-state index contributed by atoms with van der Waals surface area (Å²) >= 11 is 9.43. The molecular weight excluding hydrogens is 374 g/mol. The Kier molecular flexibility index (Phi) is 5.41. The lowest BCUT2D eigenvalue weighted by Gasteiger charge is -2.21. The van der Waals surface area contributed by atoms with E-state index in [0.717, 1.165) is 45.3 Å². The van der Waals surface area contributed by atoms with Crippen LogP contribution in [0.3, 0.4) is 0 Å². The molecule has 4 nitrogen and oxygen atoms in total. The predicted octanol–water partition coefficient (Wildman–Crippen LogP) is 5.31. The third kappa shape index (κ3) is 3.92. The largest absolute Gasteiger partial charge is 0.377 e. The Morgan fingerprint density at radius 3 is 2.80 bits per heavy atom. The summed E-state index contributed by atoms with van der Waals surface area (Å²) < 4.78 is 7.95. The molecule has 3 heterocycles. The smallest absolute Gasteiger partial charge is 0.196 e. The molecule has 25 heavy (non-hydrogen) atoms. The van der Waals surface area contributed by atoms with E-state index in [1.54, 1.807) is 23.1 Å². The first kappa shape index (κ1) is 17.1. The van der Waals surface area contributed by atoms with E-state index in [2.05, 4.69) is 26.2 Å². The molecule has 3 aromatic rings. The lowest BCUT2D eigenvalue weighted by molar-refractivity contribution is 0.0315. The van der Waals surface area contributed by atoms with Crippen LogP contribution >= 0.6 is 34.7 Å². The van der Waals surface area contributed by atoms with Crippen molar-refractivity contribution in [1.82, 2.24) is 14.8 Å². The number of aromatic nitrogens is 3. The van der Waals surface area contributed by atoms with E-state index in [9.17, 15) is 0 Å². The summed E-state index contributed by atoms with van der Waals surface area (Å²) in [4.78, 5) is 1.10. The van der Waals surface area contributed by atoms with Gasteiger partial charge in [-0.25, -0.2) is 0 Å². The Morgan fingerprint density at radius 1 is 1.20 bits per heavy atom. The van der Waals surface area contributed by atoms with Crippen LogP contribution in [0, 0.1) is 0 Å². The molecule has 130 valence electrons. The molecule has 1 aliphatic rings. The zero-order chi connectivity index (χ0) is 17.1. The van der Waals surface area contributed by atoms with E-state index < -0.39 is 0 Å². The van der Waals surface area contributed by atoms with Crippen LogP contribution in [-0.2, 0) is 4.74 Å². The topological polar surface area (TPSA) is 39.9 Å². The molecule has 0 saturated carbocycles. The second-order valence-corrected chi connectivity index (χ2v) is 8.27. The van der Waals surface area contributed by atoms with Crippen LogP contribution in [0.25, 0.3) is 16.4 Å². The summed E-state index contributed by atoms with van der Waals surface area (Å²) in [6, 6.07) is 11.9. The quantitative estimate of drug-likeness (QED) is 0.552. The Balaban J connectivity index is 1.65. The maximum atomic E-state index is 6.05. The van der Waals surface area contributed by atoms with Crippen LogP contribution < -0.4 is 0 Å². The van der Waals surface area contributed by atoms with Crippen molar-refractivity contribution >= 4 is 34.7 Å². The average molecular weight is 392 g/mol. The van der Waals surface area contributed by atoms with Crippen molar-refractivity contribution in [3.63, 3.8) is 0 Å². The molecule has 0 aliphatic carbocycles. The molecule has 1 atom stereocenters. The first-order chi connectivity index (χ1) is 12.3. The summed E-state index contributed by atoms with van der Waals surface area (Å²) in [5.41, 5.74) is 1.02. The van der Waals surface area contributed by atoms with Crippen LogP contribution in [0.2, 0.25) is 5.02 Å². The van der Waals surface area contributed by atoms with Crippen molar-refractivity contribution in [2.75, 3.05) is 12.4 Å². The van der Waals surface area contributed by atoms with E-state index in [1.165, 1.54) is 12.8 Å². The first-order valence-corrected chi connectivity index (χ1v) is 10.6. The zero-order valence-electron chi connectivity index (χ0n) is 13.6. The Morgan fingerprint density at radius 2 is 2.08 bits per heavy atom. The number of halogens is 1. The summed E-state index contributed by atoms with van der Waals surface area (Å²) in [6.07, 6.45) is 3.85. The van der Waals surface area contributed by atoms with E-state index in [1.807, 2.05) is 30.3 Å². The number of thioether (sulfide) groups is 1. The third-order valence-electron chi connectivity index (χ3n) is 4.13. The molecule has 1 saturated heterocycles. The monoisotopic (exact) mass is 391 g/mol. The predicted molar refractivity (Wildman–Crippen MR) is 104 cm³/mol. The van der Waals surface area contributed by atoms with Crippen LogP contribution in [0.15, 0.2) is 46.9 Å². The molecule has 2 aromatic heterocycles. The van der Waals surface area contributed by atoms with Crippen LogP contribution in [0.4, 0.5) is 0 Å². The molecule has 1 aromatic carbocycles. The van der Waals surface area contributed by atoms with Gasteiger partial charge in [-0.05, 0) is 55.0 Å². The second-order valence-electron chi connectivity index (χ2n) is 5.89. The number of thiophene rings is 1. The molecule has 0 radical (unpaired) electrons. The summed E-state index contributed by atoms with van der Waals surface area (Å²) in [5, 5.41) is 12.6. The van der Waals surface area contributed by atoms with Crippen molar-refractivity contribution in [2.24, 2.45) is 0 Å². The summed E-state index contributed by atoms with van der Waals surface area (Å²) in [5.74, 6) is 1.76. The van der Waals surface area contributed by atoms with Gasteiger partial charge in [0.15, 0.2) is 11.0 Å². The molecule has 1 fully saturated rings. The standard InChI is InChI=1S/C18H18ClN3OS2/c19-13-6-8-14(9-7-13)22-17(16-5-3-11-24-16)20-21-18(22)25-12-15-4-1-2-10-23-15/h3,5-9,11,15H,1-2,4,10,12H2. The average Bonchev–Trinajstić information content (AvgIpc) is 3.31. The fourth-order valence-corrected chi connectivity index (χ4v) is 4.70. The van der Waals surface area contributed by atoms with Gasteiger partial charge < -0.3 is 4.74 Å². The molecule has 1 aliphatic heterocycles. The highest BCUT2D eigenvalue weighted by Gasteiger charge is 2.20. The molecule has 7 heteroatoms. The lowest BCUT2D eigenvalue weighted by Crippen LogP contribution is -2.21. The maximum absolute atomic E-state index is 6.05. The van der Waals surface area contributed by atoms with Gasteiger partial charge in [0.25, 0.3) is 0 Å². The Labute approximate surface area is 160 Å². The van der Waals surface area contributed by atoms with Crippen LogP contribution in [-0.4, -0.2) is 33.2 Å². The van der Waals surface area contributed by atoms with Crippen molar-refractivity contribution in [3.8, 4) is 16.4 Å².